The summed E-state index contributed by atoms with van der Waals surface area (Å²) < 4.78 is 52.8. The third-order valence-corrected chi connectivity index (χ3v) is 9.97. The molecule has 0 amide bonds. The zero-order chi connectivity index (χ0) is 25.8. The number of nitrogens with zero attached hydrogens (tertiary/aromatic N) is 4. The van der Waals surface area contributed by atoms with Crippen LogP contribution in [0.5, 0.6) is 0 Å². The molecule has 0 aliphatic carbocycles. The van der Waals surface area contributed by atoms with E-state index in [2.05, 4.69) is 15.1 Å². The molecule has 2 aliphatic heterocycles. The van der Waals surface area contributed by atoms with Crippen molar-refractivity contribution in [1.29, 1.82) is 0 Å². The van der Waals surface area contributed by atoms with Crippen molar-refractivity contribution < 1.29 is 21.7 Å². The molecule has 0 bridgehead atoms. The Balaban J connectivity index is 1.27. The largest absolute Gasteiger partial charge is 0.390 e. The van der Waals surface area contributed by atoms with E-state index in [1.807, 2.05) is 60.7 Å². The van der Waals surface area contributed by atoms with Crippen LogP contribution in [-0.4, -0.2) is 60.4 Å². The van der Waals surface area contributed by atoms with Gasteiger partial charge in [-0.25, -0.2) is 21.8 Å². The fourth-order valence-electron chi connectivity index (χ4n) is 5.21. The van der Waals surface area contributed by atoms with Crippen LogP contribution >= 0.6 is 0 Å². The van der Waals surface area contributed by atoms with E-state index in [0.29, 0.717) is 29.9 Å². The fourth-order valence-corrected chi connectivity index (χ4v) is 8.30. The normalized spacial score (nSPS) is 22.5. The van der Waals surface area contributed by atoms with Crippen LogP contribution in [0.15, 0.2) is 83.2 Å². The highest BCUT2D eigenvalue weighted by Gasteiger charge is 2.56. The molecule has 1 saturated heterocycles. The zero-order valence-electron chi connectivity index (χ0n) is 19.9. The smallest absolute Gasteiger partial charge is 0.228 e. The van der Waals surface area contributed by atoms with Crippen molar-refractivity contribution in [2.45, 2.75) is 35.4 Å². The van der Waals surface area contributed by atoms with Gasteiger partial charge in [-0.05, 0) is 36.2 Å². The first kappa shape index (κ1) is 23.8. The van der Waals surface area contributed by atoms with Crippen molar-refractivity contribution in [3.8, 4) is 0 Å². The van der Waals surface area contributed by atoms with Gasteiger partial charge in [-0.3, -0.25) is 4.98 Å². The summed E-state index contributed by atoms with van der Waals surface area (Å²) in [6, 6.07) is 20.2. The Kier molecular flexibility index (Phi) is 5.64. The van der Waals surface area contributed by atoms with Gasteiger partial charge < -0.3 is 9.40 Å². The van der Waals surface area contributed by atoms with E-state index >= 15 is 0 Å². The average molecular weight is 537 g/mol. The molecule has 3 unspecified atom stereocenters. The molecule has 4 heterocycles. The minimum atomic E-state index is -3.53. The Morgan fingerprint density at radius 2 is 1.81 bits per heavy atom. The van der Waals surface area contributed by atoms with Crippen LogP contribution in [0.3, 0.4) is 0 Å². The van der Waals surface area contributed by atoms with Crippen LogP contribution in [-0.2, 0) is 37.5 Å². The van der Waals surface area contributed by atoms with Crippen molar-refractivity contribution in [2.75, 3.05) is 12.0 Å². The van der Waals surface area contributed by atoms with E-state index < -0.39 is 36.9 Å². The van der Waals surface area contributed by atoms with Gasteiger partial charge in [-0.15, -0.1) is 0 Å². The summed E-state index contributed by atoms with van der Waals surface area (Å²) >= 11 is 0. The second-order valence-electron chi connectivity index (χ2n) is 9.42. The van der Waals surface area contributed by atoms with Crippen molar-refractivity contribution in [3.63, 3.8) is 0 Å². The fraction of sp³-hybridized carbons (Fsp3) is 0.269. The van der Waals surface area contributed by atoms with Gasteiger partial charge in [0.2, 0.25) is 15.0 Å². The lowest BCUT2D eigenvalue weighted by atomic mass is 9.93. The highest BCUT2D eigenvalue weighted by molar-refractivity contribution is 7.93. The van der Waals surface area contributed by atoms with Gasteiger partial charge in [0.15, 0.2) is 15.9 Å². The number of hydrogen-bond acceptors (Lipinski definition) is 8. The Morgan fingerprint density at radius 1 is 1.05 bits per heavy atom. The third-order valence-electron chi connectivity index (χ3n) is 6.91. The summed E-state index contributed by atoms with van der Waals surface area (Å²) in [4.78, 5) is 14.5. The molecule has 9 nitrogen and oxygen atoms in total. The van der Waals surface area contributed by atoms with Crippen molar-refractivity contribution >= 4 is 36.4 Å². The van der Waals surface area contributed by atoms with Crippen LogP contribution in [0, 0.1) is 0 Å². The number of rotatable bonds is 6. The molecule has 0 saturated carbocycles. The van der Waals surface area contributed by atoms with Crippen LogP contribution in [0.4, 0.5) is 0 Å². The SMILES string of the molecule is CS(=O)(=O)c1nc2ccccc2n1CCc1ccnc(C2CS(=O)(=O)C3C(c4ccccc4)=NOC23)c1. The van der Waals surface area contributed by atoms with Crippen LogP contribution in [0.25, 0.3) is 11.0 Å². The van der Waals surface area contributed by atoms with Crippen molar-refractivity contribution in [1.82, 2.24) is 14.5 Å². The van der Waals surface area contributed by atoms with E-state index in [0.717, 1.165) is 22.9 Å². The molecule has 37 heavy (non-hydrogen) atoms. The van der Waals surface area contributed by atoms with E-state index in [-0.39, 0.29) is 10.9 Å². The lowest BCUT2D eigenvalue weighted by molar-refractivity contribution is 0.0757. The van der Waals surface area contributed by atoms with Gasteiger partial charge in [0.05, 0.1) is 22.7 Å². The molecule has 0 radical (unpaired) electrons. The summed E-state index contributed by atoms with van der Waals surface area (Å²) in [7, 11) is -7.03. The average Bonchev–Trinajstić information content (AvgIpc) is 3.56. The predicted molar refractivity (Wildman–Crippen MR) is 139 cm³/mol. The maximum Gasteiger partial charge on any atom is 0.228 e. The van der Waals surface area contributed by atoms with Gasteiger partial charge in [-0.2, -0.15) is 0 Å². The number of imidazole rings is 1. The van der Waals surface area contributed by atoms with Gasteiger partial charge in [0.25, 0.3) is 0 Å². The standard InChI is InChI=1S/C26H24N4O5S2/c1-36(31,32)26-28-20-9-5-6-10-22(20)30(26)14-12-17-11-13-27-21(15-17)19-16-37(33,34)25-23(29-35-24(19)25)18-7-3-2-4-8-18/h2-11,13,15,19,24-25H,12,14,16H2,1H3. The topological polar surface area (TPSA) is 121 Å². The summed E-state index contributed by atoms with van der Waals surface area (Å²) in [6.07, 6.45) is 2.68. The molecule has 0 N–H and O–H groups in total. The summed E-state index contributed by atoms with van der Waals surface area (Å²) in [5.74, 6) is -0.532. The highest BCUT2D eigenvalue weighted by Crippen LogP contribution is 2.41. The van der Waals surface area contributed by atoms with E-state index in [9.17, 15) is 16.8 Å². The number of sulfone groups is 2. The number of pyridine rings is 1. The molecule has 2 aromatic heterocycles. The number of oxime groups is 1. The number of aryl methyl sites for hydroxylation is 2. The number of fused-ring (bicyclic) bond motifs is 2. The number of benzene rings is 2. The summed E-state index contributed by atoms with van der Waals surface area (Å²) in [6.45, 7) is 0.388. The third kappa shape index (κ3) is 4.21. The number of para-hydroxylation sites is 2. The maximum atomic E-state index is 13.2. The van der Waals surface area contributed by atoms with Gasteiger partial charge in [-0.1, -0.05) is 47.6 Å². The van der Waals surface area contributed by atoms with E-state index in [1.165, 1.54) is 0 Å². The highest BCUT2D eigenvalue weighted by atomic mass is 32.2. The summed E-state index contributed by atoms with van der Waals surface area (Å²) in [5, 5.41) is 3.35. The predicted octanol–water partition coefficient (Wildman–Crippen LogP) is 2.76. The molecule has 11 heteroatoms. The first-order valence-corrected chi connectivity index (χ1v) is 15.4. The molecule has 1 fully saturated rings. The second kappa shape index (κ2) is 8.77. The van der Waals surface area contributed by atoms with Crippen LogP contribution < -0.4 is 0 Å². The molecule has 4 aromatic rings. The minimum absolute atomic E-state index is 0.0256. The van der Waals surface area contributed by atoms with Crippen molar-refractivity contribution in [3.05, 3.63) is 89.7 Å². The second-order valence-corrected chi connectivity index (χ2v) is 13.5. The Bertz CT molecular complexity index is 1750. The molecule has 3 atom stereocenters. The first-order chi connectivity index (χ1) is 17.7. The Labute approximate surface area is 214 Å². The van der Waals surface area contributed by atoms with Gasteiger partial charge in [0, 0.05) is 30.3 Å². The lowest BCUT2D eigenvalue weighted by Crippen LogP contribution is -2.32. The van der Waals surface area contributed by atoms with E-state index in [1.54, 1.807) is 16.8 Å². The molecule has 2 aliphatic rings. The molecule has 6 rings (SSSR count). The van der Waals surface area contributed by atoms with Gasteiger partial charge >= 0.3 is 0 Å². The van der Waals surface area contributed by atoms with Gasteiger partial charge in [0.1, 0.15) is 11.0 Å². The molecular weight excluding hydrogens is 512 g/mol. The van der Waals surface area contributed by atoms with Crippen LogP contribution in [0.1, 0.15) is 22.7 Å². The number of aromatic nitrogens is 3. The first-order valence-electron chi connectivity index (χ1n) is 11.8. The molecule has 0 spiro atoms. The summed E-state index contributed by atoms with van der Waals surface area (Å²) in [5.41, 5.74) is 4.06. The molecule has 2 aromatic carbocycles. The Hall–Kier alpha value is -3.57. The Morgan fingerprint density at radius 3 is 2.59 bits per heavy atom. The van der Waals surface area contributed by atoms with Crippen molar-refractivity contribution in [2.24, 2.45) is 5.16 Å². The molecular formula is C26H24N4O5S2. The monoisotopic (exact) mass is 536 g/mol. The van der Waals surface area contributed by atoms with E-state index in [4.69, 9.17) is 4.84 Å². The quantitative estimate of drug-likeness (QED) is 0.372. The van der Waals surface area contributed by atoms with Crippen LogP contribution in [0.2, 0.25) is 0 Å². The minimum Gasteiger partial charge on any atom is -0.390 e. The lowest BCUT2D eigenvalue weighted by Gasteiger charge is -2.16. The zero-order valence-corrected chi connectivity index (χ0v) is 21.6. The maximum absolute atomic E-state index is 13.2. The molecule has 190 valence electrons. The number of hydrogen-bond donors (Lipinski definition) is 0.